The SMILES string of the molecule is CCCn1c(=O)n(CC)c(=O)c2c1nc(C1CCCCC1)n2Cc1ccc(-c2ccccc2-c2nnn[nH]2)cc1. The molecule has 1 aliphatic carbocycles. The highest BCUT2D eigenvalue weighted by molar-refractivity contribution is 5.80. The molecule has 2 aromatic carbocycles. The first-order valence-electron chi connectivity index (χ1n) is 14.3. The van der Waals surface area contributed by atoms with Gasteiger partial charge in [-0.3, -0.25) is 13.9 Å². The van der Waals surface area contributed by atoms with Gasteiger partial charge in [0.2, 0.25) is 0 Å². The molecule has 10 nitrogen and oxygen atoms in total. The number of nitrogens with zero attached hydrogens (tertiary/aromatic N) is 7. The molecular formula is C30H34N8O2. The van der Waals surface area contributed by atoms with E-state index < -0.39 is 0 Å². The fraction of sp³-hybridized carbons (Fsp3) is 0.400. The van der Waals surface area contributed by atoms with E-state index in [0.29, 0.717) is 36.6 Å². The van der Waals surface area contributed by atoms with E-state index in [1.165, 1.54) is 11.0 Å². The zero-order valence-corrected chi connectivity index (χ0v) is 23.0. The van der Waals surface area contributed by atoms with Crippen LogP contribution in [0, 0.1) is 0 Å². The molecule has 0 atom stereocenters. The quantitative estimate of drug-likeness (QED) is 0.305. The summed E-state index contributed by atoms with van der Waals surface area (Å²) in [6, 6.07) is 16.4. The van der Waals surface area contributed by atoms with E-state index in [2.05, 4.69) is 55.5 Å². The number of H-pyrrole nitrogens is 1. The molecule has 0 aliphatic heterocycles. The van der Waals surface area contributed by atoms with Crippen molar-refractivity contribution in [3.8, 4) is 22.5 Å². The van der Waals surface area contributed by atoms with Crippen LogP contribution in [-0.2, 0) is 19.6 Å². The van der Waals surface area contributed by atoms with E-state index >= 15 is 0 Å². The van der Waals surface area contributed by atoms with Crippen LogP contribution in [0.3, 0.4) is 0 Å². The van der Waals surface area contributed by atoms with Gasteiger partial charge in [0.25, 0.3) is 5.56 Å². The maximum absolute atomic E-state index is 13.7. The zero-order chi connectivity index (χ0) is 27.6. The van der Waals surface area contributed by atoms with E-state index in [1.807, 2.05) is 32.0 Å². The lowest BCUT2D eigenvalue weighted by Gasteiger charge is -2.22. The summed E-state index contributed by atoms with van der Waals surface area (Å²) in [6.07, 6.45) is 6.43. The summed E-state index contributed by atoms with van der Waals surface area (Å²) in [5.41, 5.74) is 4.59. The lowest BCUT2D eigenvalue weighted by Crippen LogP contribution is -2.40. The van der Waals surface area contributed by atoms with Crippen LogP contribution in [0.25, 0.3) is 33.7 Å². The van der Waals surface area contributed by atoms with Gasteiger partial charge in [-0.05, 0) is 53.3 Å². The number of imidazole rings is 1. The second-order valence-corrected chi connectivity index (χ2v) is 10.5. The first-order valence-corrected chi connectivity index (χ1v) is 14.3. The van der Waals surface area contributed by atoms with Crippen molar-refractivity contribution < 1.29 is 0 Å². The third kappa shape index (κ3) is 4.57. The van der Waals surface area contributed by atoms with Gasteiger partial charge in [0.05, 0.1) is 0 Å². The molecule has 6 rings (SSSR count). The van der Waals surface area contributed by atoms with Crippen molar-refractivity contribution in [2.24, 2.45) is 0 Å². The lowest BCUT2D eigenvalue weighted by molar-refractivity contribution is 0.419. The Morgan fingerprint density at radius 1 is 0.900 bits per heavy atom. The van der Waals surface area contributed by atoms with Gasteiger partial charge in [0.15, 0.2) is 17.0 Å². The minimum atomic E-state index is -0.272. The monoisotopic (exact) mass is 538 g/mol. The van der Waals surface area contributed by atoms with E-state index in [9.17, 15) is 9.59 Å². The van der Waals surface area contributed by atoms with Gasteiger partial charge >= 0.3 is 5.69 Å². The fourth-order valence-corrected chi connectivity index (χ4v) is 6.03. The normalized spacial score (nSPS) is 14.2. The second-order valence-electron chi connectivity index (χ2n) is 10.5. The molecule has 3 heterocycles. The summed E-state index contributed by atoms with van der Waals surface area (Å²) >= 11 is 0. The molecule has 0 spiro atoms. The molecule has 0 saturated heterocycles. The van der Waals surface area contributed by atoms with Crippen molar-refractivity contribution in [2.75, 3.05) is 0 Å². The molecule has 0 radical (unpaired) electrons. The third-order valence-corrected chi connectivity index (χ3v) is 8.01. The highest BCUT2D eigenvalue weighted by Gasteiger charge is 2.27. The molecule has 1 saturated carbocycles. The Morgan fingerprint density at radius 2 is 1.65 bits per heavy atom. The average molecular weight is 539 g/mol. The van der Waals surface area contributed by atoms with Gasteiger partial charge in [-0.2, -0.15) is 0 Å². The summed E-state index contributed by atoms with van der Waals surface area (Å²) < 4.78 is 5.13. The highest BCUT2D eigenvalue weighted by atomic mass is 16.2. The summed E-state index contributed by atoms with van der Waals surface area (Å²) in [7, 11) is 0. The molecule has 40 heavy (non-hydrogen) atoms. The molecule has 3 aromatic heterocycles. The average Bonchev–Trinajstić information content (AvgIpc) is 3.66. The minimum absolute atomic E-state index is 0.254. The van der Waals surface area contributed by atoms with Crippen molar-refractivity contribution in [3.05, 3.63) is 80.8 Å². The third-order valence-electron chi connectivity index (χ3n) is 8.01. The van der Waals surface area contributed by atoms with Crippen molar-refractivity contribution >= 4 is 11.2 Å². The molecule has 0 bridgehead atoms. The number of aromatic nitrogens is 8. The molecule has 1 aliphatic rings. The fourth-order valence-electron chi connectivity index (χ4n) is 6.03. The number of tetrazole rings is 1. The van der Waals surface area contributed by atoms with Crippen molar-refractivity contribution in [2.45, 2.75) is 77.9 Å². The van der Waals surface area contributed by atoms with E-state index in [-0.39, 0.29) is 17.2 Å². The topological polar surface area (TPSA) is 116 Å². The van der Waals surface area contributed by atoms with Gasteiger partial charge in [-0.15, -0.1) is 5.10 Å². The summed E-state index contributed by atoms with van der Waals surface area (Å²) in [6.45, 7) is 5.26. The Kier molecular flexibility index (Phi) is 7.15. The molecule has 0 unspecified atom stereocenters. The van der Waals surface area contributed by atoms with Crippen LogP contribution in [0.15, 0.2) is 58.1 Å². The Morgan fingerprint density at radius 3 is 2.33 bits per heavy atom. The number of hydrogen-bond acceptors (Lipinski definition) is 6. The Hall–Kier alpha value is -4.34. The minimum Gasteiger partial charge on any atom is -0.317 e. The maximum Gasteiger partial charge on any atom is 0.332 e. The van der Waals surface area contributed by atoms with Crippen LogP contribution in [0.5, 0.6) is 0 Å². The van der Waals surface area contributed by atoms with Crippen molar-refractivity contribution in [1.82, 2.24) is 39.3 Å². The molecule has 1 N–H and O–H groups in total. The smallest absolute Gasteiger partial charge is 0.317 e. The lowest BCUT2D eigenvalue weighted by atomic mass is 9.88. The first kappa shape index (κ1) is 25.9. The van der Waals surface area contributed by atoms with Crippen LogP contribution in [0.4, 0.5) is 0 Å². The van der Waals surface area contributed by atoms with Crippen molar-refractivity contribution in [3.63, 3.8) is 0 Å². The summed E-state index contributed by atoms with van der Waals surface area (Å²) in [5, 5.41) is 14.4. The summed E-state index contributed by atoms with van der Waals surface area (Å²) in [5.74, 6) is 1.83. The number of aromatic amines is 1. The van der Waals surface area contributed by atoms with Gasteiger partial charge in [0, 0.05) is 31.1 Å². The van der Waals surface area contributed by atoms with E-state index in [0.717, 1.165) is 60.2 Å². The van der Waals surface area contributed by atoms with Crippen LogP contribution >= 0.6 is 0 Å². The number of rotatable bonds is 8. The van der Waals surface area contributed by atoms with Gasteiger partial charge in [-0.1, -0.05) is 74.7 Å². The van der Waals surface area contributed by atoms with Crippen molar-refractivity contribution in [1.29, 1.82) is 0 Å². The molecular weight excluding hydrogens is 504 g/mol. The van der Waals surface area contributed by atoms with Gasteiger partial charge < -0.3 is 4.57 Å². The number of aryl methyl sites for hydroxylation is 1. The molecule has 10 heteroatoms. The number of benzene rings is 2. The summed E-state index contributed by atoms with van der Waals surface area (Å²) in [4.78, 5) is 32.0. The predicted octanol–water partition coefficient (Wildman–Crippen LogP) is 4.73. The van der Waals surface area contributed by atoms with Crippen LogP contribution in [0.1, 0.15) is 69.7 Å². The van der Waals surface area contributed by atoms with E-state index in [1.54, 1.807) is 4.57 Å². The first-order chi connectivity index (χ1) is 19.6. The predicted molar refractivity (Wildman–Crippen MR) is 154 cm³/mol. The largest absolute Gasteiger partial charge is 0.332 e. The molecule has 1 fully saturated rings. The Labute approximate surface area is 231 Å². The second kappa shape index (κ2) is 11.0. The number of fused-ring (bicyclic) bond motifs is 1. The Balaban J connectivity index is 1.45. The molecule has 0 amide bonds. The highest BCUT2D eigenvalue weighted by Crippen LogP contribution is 2.34. The number of hydrogen-bond donors (Lipinski definition) is 1. The molecule has 206 valence electrons. The van der Waals surface area contributed by atoms with Gasteiger partial charge in [0.1, 0.15) is 5.82 Å². The zero-order valence-electron chi connectivity index (χ0n) is 23.0. The van der Waals surface area contributed by atoms with Gasteiger partial charge in [-0.25, -0.2) is 14.9 Å². The maximum atomic E-state index is 13.7. The Bertz CT molecular complexity index is 1740. The number of nitrogens with one attached hydrogen (secondary N) is 1. The van der Waals surface area contributed by atoms with Crippen LogP contribution in [-0.4, -0.2) is 39.3 Å². The standard InChI is InChI=1S/C30H34N8O2/c1-3-18-37-28-25(29(39)36(4-2)30(37)40)38(27(31-28)22-10-6-5-7-11-22)19-20-14-16-21(17-15-20)23-12-8-9-13-24(23)26-32-34-35-33-26/h8-9,12-17,22H,3-7,10-11,18-19H2,1-2H3,(H,32,33,34,35). The van der Waals surface area contributed by atoms with E-state index in [4.69, 9.17) is 4.98 Å². The van der Waals surface area contributed by atoms with Crippen LogP contribution < -0.4 is 11.2 Å². The van der Waals surface area contributed by atoms with Crippen LogP contribution in [0.2, 0.25) is 0 Å². The molecule has 5 aromatic rings.